The summed E-state index contributed by atoms with van der Waals surface area (Å²) in [6, 6.07) is 49.7. The number of para-hydroxylation sites is 1. The van der Waals surface area contributed by atoms with Gasteiger partial charge in [0.2, 0.25) is 0 Å². The van der Waals surface area contributed by atoms with Crippen molar-refractivity contribution in [1.82, 2.24) is 4.98 Å². The lowest BCUT2D eigenvalue weighted by Gasteiger charge is -2.25. The van der Waals surface area contributed by atoms with Crippen LogP contribution in [-0.4, -0.2) is 4.98 Å². The van der Waals surface area contributed by atoms with Crippen LogP contribution in [0.3, 0.4) is 0 Å². The molecular formula is C40H30NOP. The molecule has 3 heteroatoms. The Balaban J connectivity index is 1.38. The van der Waals surface area contributed by atoms with E-state index in [2.05, 4.69) is 86.6 Å². The predicted octanol–water partition coefficient (Wildman–Crippen LogP) is 9.00. The van der Waals surface area contributed by atoms with E-state index >= 15 is 4.57 Å². The highest BCUT2D eigenvalue weighted by atomic mass is 31.2. The molecule has 7 aromatic rings. The Hall–Kier alpha value is -4.78. The summed E-state index contributed by atoms with van der Waals surface area (Å²) in [5.41, 5.74) is 8.02. The molecule has 2 nitrogen and oxygen atoms in total. The fraction of sp³-hybridized carbons (Fsp3) is 0.0750. The molecule has 1 aliphatic rings. The van der Waals surface area contributed by atoms with E-state index in [0.717, 1.165) is 38.1 Å². The topological polar surface area (TPSA) is 30.0 Å². The van der Waals surface area contributed by atoms with Crippen molar-refractivity contribution in [2.75, 3.05) is 0 Å². The maximum Gasteiger partial charge on any atom is 0.171 e. The summed E-state index contributed by atoms with van der Waals surface area (Å²) in [6.45, 7) is 4.66. The lowest BCUT2D eigenvalue weighted by Crippen LogP contribution is -2.24. The monoisotopic (exact) mass is 571 g/mol. The second-order valence-electron chi connectivity index (χ2n) is 11.9. The van der Waals surface area contributed by atoms with E-state index in [9.17, 15) is 0 Å². The van der Waals surface area contributed by atoms with Gasteiger partial charge in [-0.1, -0.05) is 153 Å². The van der Waals surface area contributed by atoms with Gasteiger partial charge in [0.15, 0.2) is 7.14 Å². The molecule has 1 aliphatic carbocycles. The van der Waals surface area contributed by atoms with E-state index in [-0.39, 0.29) is 5.41 Å². The fourth-order valence-electron chi connectivity index (χ4n) is 7.08. The number of hydrogen-bond donors (Lipinski definition) is 0. The first-order valence-electron chi connectivity index (χ1n) is 14.8. The first kappa shape index (κ1) is 25.9. The SMILES string of the molecule is CC1(C)c2ccccc2-c2ccc3c(c(-c4ccc(P(=O)(c5ccccc5)c5ccccc5)cc4)nc4ccccc43)c21. The summed E-state index contributed by atoms with van der Waals surface area (Å²) in [4.78, 5) is 5.32. The van der Waals surface area contributed by atoms with Gasteiger partial charge >= 0.3 is 0 Å². The molecule has 0 radical (unpaired) electrons. The minimum absolute atomic E-state index is 0.180. The summed E-state index contributed by atoms with van der Waals surface area (Å²) in [5, 5.41) is 6.05. The van der Waals surface area contributed by atoms with Crippen molar-refractivity contribution in [2.24, 2.45) is 0 Å². The average Bonchev–Trinajstić information content (AvgIpc) is 3.31. The predicted molar refractivity (Wildman–Crippen MR) is 182 cm³/mol. The zero-order chi connectivity index (χ0) is 29.2. The van der Waals surface area contributed by atoms with Crippen molar-refractivity contribution in [3.05, 3.63) is 157 Å². The maximum absolute atomic E-state index is 15.0. The van der Waals surface area contributed by atoms with Gasteiger partial charge < -0.3 is 4.57 Å². The smallest absolute Gasteiger partial charge is 0.171 e. The molecule has 1 aromatic heterocycles. The quantitative estimate of drug-likeness (QED) is 0.156. The van der Waals surface area contributed by atoms with Crippen LogP contribution in [0.25, 0.3) is 44.1 Å². The Morgan fingerprint density at radius 3 is 1.81 bits per heavy atom. The van der Waals surface area contributed by atoms with Gasteiger partial charge in [-0.3, -0.25) is 0 Å². The van der Waals surface area contributed by atoms with Crippen LogP contribution in [-0.2, 0) is 9.98 Å². The highest BCUT2D eigenvalue weighted by Gasteiger charge is 2.38. The van der Waals surface area contributed by atoms with Crippen LogP contribution in [0, 0.1) is 0 Å². The molecule has 0 unspecified atom stereocenters. The summed E-state index contributed by atoms with van der Waals surface area (Å²) in [7, 11) is -3.07. The Bertz CT molecular complexity index is 2170. The fourth-order valence-corrected chi connectivity index (χ4v) is 9.73. The lowest BCUT2D eigenvalue weighted by atomic mass is 9.79. The van der Waals surface area contributed by atoms with Crippen LogP contribution in [0.4, 0.5) is 0 Å². The zero-order valence-electron chi connectivity index (χ0n) is 24.2. The molecule has 0 bridgehead atoms. The van der Waals surface area contributed by atoms with Gasteiger partial charge in [0.05, 0.1) is 11.2 Å². The van der Waals surface area contributed by atoms with Crippen molar-refractivity contribution >= 4 is 44.7 Å². The van der Waals surface area contributed by atoms with Crippen LogP contribution in [0.1, 0.15) is 25.0 Å². The van der Waals surface area contributed by atoms with Crippen LogP contribution in [0.5, 0.6) is 0 Å². The van der Waals surface area contributed by atoms with Crippen LogP contribution in [0.2, 0.25) is 0 Å². The molecule has 0 fully saturated rings. The summed E-state index contributed by atoms with van der Waals surface area (Å²) in [6.07, 6.45) is 0. The lowest BCUT2D eigenvalue weighted by molar-refractivity contribution is 0.592. The molecule has 0 aliphatic heterocycles. The van der Waals surface area contributed by atoms with Crippen molar-refractivity contribution < 1.29 is 4.57 Å². The highest BCUT2D eigenvalue weighted by Crippen LogP contribution is 2.53. The third-order valence-corrected chi connectivity index (χ3v) is 12.2. The van der Waals surface area contributed by atoms with Crippen molar-refractivity contribution in [1.29, 1.82) is 0 Å². The molecule has 0 saturated heterocycles. The molecule has 0 N–H and O–H groups in total. The average molecular weight is 572 g/mol. The summed E-state index contributed by atoms with van der Waals surface area (Å²) < 4.78 is 15.0. The van der Waals surface area contributed by atoms with E-state index < -0.39 is 7.14 Å². The second-order valence-corrected chi connectivity index (χ2v) is 14.7. The van der Waals surface area contributed by atoms with Gasteiger partial charge in [-0.15, -0.1) is 0 Å². The van der Waals surface area contributed by atoms with E-state index in [4.69, 9.17) is 4.98 Å². The highest BCUT2D eigenvalue weighted by molar-refractivity contribution is 7.85. The minimum Gasteiger partial charge on any atom is -0.309 e. The van der Waals surface area contributed by atoms with Gasteiger partial charge in [0.25, 0.3) is 0 Å². The van der Waals surface area contributed by atoms with Crippen molar-refractivity contribution in [2.45, 2.75) is 19.3 Å². The number of aromatic nitrogens is 1. The van der Waals surface area contributed by atoms with E-state index in [1.807, 2.05) is 72.8 Å². The van der Waals surface area contributed by atoms with Crippen LogP contribution in [0.15, 0.2) is 146 Å². The molecular weight excluding hydrogens is 541 g/mol. The first-order chi connectivity index (χ1) is 21.0. The minimum atomic E-state index is -3.07. The largest absolute Gasteiger partial charge is 0.309 e. The number of fused-ring (bicyclic) bond motifs is 7. The van der Waals surface area contributed by atoms with Gasteiger partial charge in [-0.05, 0) is 33.7 Å². The van der Waals surface area contributed by atoms with Gasteiger partial charge in [0, 0.05) is 37.7 Å². The summed E-state index contributed by atoms with van der Waals surface area (Å²) in [5.74, 6) is 0. The molecule has 0 atom stereocenters. The second kappa shape index (κ2) is 9.63. The number of rotatable bonds is 4. The standard InChI is InChI=1S/C40H30NOP/c1-40(2)35-19-11-9-17-31(35)34-26-25-33-32-18-10-12-20-36(32)41-39(37(33)38(34)40)27-21-23-30(24-22-27)43(42,28-13-5-3-6-14-28)29-15-7-4-8-16-29/h3-26H,1-2H3. The van der Waals surface area contributed by atoms with Crippen molar-refractivity contribution in [3.63, 3.8) is 0 Å². The zero-order valence-corrected chi connectivity index (χ0v) is 25.1. The number of pyridine rings is 1. The Morgan fingerprint density at radius 2 is 1.12 bits per heavy atom. The molecule has 0 amide bonds. The number of hydrogen-bond acceptors (Lipinski definition) is 2. The van der Waals surface area contributed by atoms with Gasteiger partial charge in [-0.2, -0.15) is 0 Å². The van der Waals surface area contributed by atoms with Crippen LogP contribution >= 0.6 is 7.14 Å². The Labute approximate surface area is 252 Å². The molecule has 6 aromatic carbocycles. The molecule has 0 spiro atoms. The van der Waals surface area contributed by atoms with Crippen LogP contribution < -0.4 is 15.9 Å². The molecule has 1 heterocycles. The Kier molecular flexibility index (Phi) is 5.80. The first-order valence-corrected chi connectivity index (χ1v) is 16.5. The number of benzene rings is 6. The third kappa shape index (κ3) is 3.80. The maximum atomic E-state index is 15.0. The van der Waals surface area contributed by atoms with Gasteiger partial charge in [0.1, 0.15) is 0 Å². The molecule has 8 rings (SSSR count). The third-order valence-electron chi connectivity index (χ3n) is 9.13. The molecule has 0 saturated carbocycles. The Morgan fingerprint density at radius 1 is 0.535 bits per heavy atom. The van der Waals surface area contributed by atoms with E-state index in [1.54, 1.807) is 0 Å². The van der Waals surface area contributed by atoms with E-state index in [0.29, 0.717) is 0 Å². The van der Waals surface area contributed by atoms with Gasteiger partial charge in [-0.25, -0.2) is 4.98 Å². The van der Waals surface area contributed by atoms with Crippen molar-refractivity contribution in [3.8, 4) is 22.4 Å². The molecule has 43 heavy (non-hydrogen) atoms. The molecule has 206 valence electrons. The van der Waals surface area contributed by atoms with E-state index in [1.165, 1.54) is 33.0 Å². The summed E-state index contributed by atoms with van der Waals surface area (Å²) >= 11 is 0. The number of nitrogens with zero attached hydrogens (tertiary/aromatic N) is 1. The normalized spacial score (nSPS) is 13.6.